The summed E-state index contributed by atoms with van der Waals surface area (Å²) in [4.78, 5) is 18.2. The van der Waals surface area contributed by atoms with Crippen LogP contribution in [-0.4, -0.2) is 65.0 Å². The van der Waals surface area contributed by atoms with Gasteiger partial charge in [-0.1, -0.05) is 13.3 Å². The molecule has 2 aliphatic rings. The van der Waals surface area contributed by atoms with E-state index in [9.17, 15) is 0 Å². The van der Waals surface area contributed by atoms with Crippen molar-refractivity contribution in [3.05, 3.63) is 11.8 Å². The summed E-state index contributed by atoms with van der Waals surface area (Å²) in [6.45, 7) is 6.06. The Morgan fingerprint density at radius 1 is 1.26 bits per heavy atom. The van der Waals surface area contributed by atoms with E-state index in [4.69, 9.17) is 9.72 Å². The van der Waals surface area contributed by atoms with E-state index in [0.717, 1.165) is 38.3 Å². The number of nitrogens with zero attached hydrogens (tertiary/aromatic N) is 6. The molecule has 1 aliphatic carbocycles. The van der Waals surface area contributed by atoms with Crippen molar-refractivity contribution >= 4 is 23.7 Å². The Morgan fingerprint density at radius 3 is 2.81 bits per heavy atom. The summed E-state index contributed by atoms with van der Waals surface area (Å²) in [7, 11) is 2.03. The predicted molar refractivity (Wildman–Crippen MR) is 105 cm³/mol. The van der Waals surface area contributed by atoms with E-state index in [1.807, 2.05) is 7.05 Å². The minimum Gasteiger partial charge on any atom is -0.378 e. The largest absolute Gasteiger partial charge is 0.378 e. The molecule has 0 radical (unpaired) electrons. The van der Waals surface area contributed by atoms with Gasteiger partial charge in [0.25, 0.3) is 0 Å². The minimum atomic E-state index is 0.527. The number of aromatic nitrogens is 5. The molecule has 2 fully saturated rings. The van der Waals surface area contributed by atoms with Gasteiger partial charge in [-0.05, 0) is 19.3 Å². The van der Waals surface area contributed by atoms with Crippen LogP contribution >= 0.6 is 0 Å². The molecule has 1 aliphatic heterocycles. The number of ether oxygens (including phenoxy) is 1. The molecule has 1 saturated heterocycles. The van der Waals surface area contributed by atoms with Crippen LogP contribution in [0.3, 0.4) is 0 Å². The van der Waals surface area contributed by atoms with Gasteiger partial charge in [-0.2, -0.15) is 20.1 Å². The molecule has 0 unspecified atom stereocenters. The van der Waals surface area contributed by atoms with Crippen molar-refractivity contribution in [1.29, 1.82) is 0 Å². The SMILES string of the molecule is CCCCN(C)c1nc(Nc2cc(C3CC3)[nH]n2)nc(N2CCOCC2)n1. The van der Waals surface area contributed by atoms with Gasteiger partial charge in [-0.15, -0.1) is 0 Å². The lowest BCUT2D eigenvalue weighted by atomic mass is 10.3. The van der Waals surface area contributed by atoms with Gasteiger partial charge in [0.05, 0.1) is 13.2 Å². The highest BCUT2D eigenvalue weighted by molar-refractivity contribution is 5.53. The molecule has 2 N–H and O–H groups in total. The maximum absolute atomic E-state index is 5.46. The molecule has 2 aromatic rings. The second kappa shape index (κ2) is 8.08. The van der Waals surface area contributed by atoms with E-state index in [-0.39, 0.29) is 0 Å². The lowest BCUT2D eigenvalue weighted by molar-refractivity contribution is 0.122. The van der Waals surface area contributed by atoms with E-state index in [2.05, 4.69) is 48.3 Å². The monoisotopic (exact) mass is 372 g/mol. The fraction of sp³-hybridized carbons (Fsp3) is 0.667. The quantitative estimate of drug-likeness (QED) is 0.729. The number of hydrogen-bond acceptors (Lipinski definition) is 8. The number of hydrogen-bond donors (Lipinski definition) is 2. The lowest BCUT2D eigenvalue weighted by Crippen LogP contribution is -2.38. The number of nitrogens with one attached hydrogen (secondary N) is 2. The standard InChI is InChI=1S/C18H28N8O/c1-3-4-7-25(2)17-20-16(19-15-12-14(23-24-15)13-5-6-13)21-18(22-17)26-8-10-27-11-9-26/h12-13H,3-11H2,1-2H3,(H2,19,20,21,22,23,24). The molecule has 1 saturated carbocycles. The summed E-state index contributed by atoms with van der Waals surface area (Å²) in [6.07, 6.45) is 4.71. The van der Waals surface area contributed by atoms with E-state index < -0.39 is 0 Å². The first kappa shape index (κ1) is 18.0. The smallest absolute Gasteiger partial charge is 0.235 e. The Balaban J connectivity index is 1.57. The number of H-pyrrole nitrogens is 1. The van der Waals surface area contributed by atoms with E-state index in [1.54, 1.807) is 0 Å². The molecule has 9 heteroatoms. The van der Waals surface area contributed by atoms with Crippen LogP contribution < -0.4 is 15.1 Å². The van der Waals surface area contributed by atoms with Gasteiger partial charge >= 0.3 is 0 Å². The molecular weight excluding hydrogens is 344 g/mol. The molecule has 27 heavy (non-hydrogen) atoms. The van der Waals surface area contributed by atoms with Crippen LogP contribution in [0.5, 0.6) is 0 Å². The number of rotatable bonds is 8. The molecule has 0 bridgehead atoms. The normalized spacial score (nSPS) is 17.2. The molecule has 2 aromatic heterocycles. The van der Waals surface area contributed by atoms with Crippen molar-refractivity contribution in [2.45, 2.75) is 38.5 Å². The highest BCUT2D eigenvalue weighted by atomic mass is 16.5. The number of unbranched alkanes of at least 4 members (excludes halogenated alkanes) is 1. The Morgan fingerprint density at radius 2 is 2.07 bits per heavy atom. The van der Waals surface area contributed by atoms with Crippen molar-refractivity contribution < 1.29 is 4.74 Å². The van der Waals surface area contributed by atoms with Crippen LogP contribution in [0.2, 0.25) is 0 Å². The first-order valence-electron chi connectivity index (χ1n) is 9.85. The zero-order chi connectivity index (χ0) is 18.6. The fourth-order valence-corrected chi connectivity index (χ4v) is 3.10. The third kappa shape index (κ3) is 4.47. The van der Waals surface area contributed by atoms with Crippen molar-refractivity contribution in [2.24, 2.45) is 0 Å². The lowest BCUT2D eigenvalue weighted by Gasteiger charge is -2.28. The summed E-state index contributed by atoms with van der Waals surface area (Å²) in [5.74, 6) is 3.27. The molecule has 0 spiro atoms. The Kier molecular flexibility index (Phi) is 5.38. The maximum Gasteiger partial charge on any atom is 0.235 e. The third-order valence-corrected chi connectivity index (χ3v) is 4.95. The molecule has 4 rings (SSSR count). The van der Waals surface area contributed by atoms with E-state index in [0.29, 0.717) is 37.0 Å². The van der Waals surface area contributed by atoms with Gasteiger partial charge in [0, 0.05) is 44.4 Å². The van der Waals surface area contributed by atoms with Gasteiger partial charge in [-0.25, -0.2) is 0 Å². The average Bonchev–Trinajstić information content (AvgIpc) is 3.46. The average molecular weight is 372 g/mol. The summed E-state index contributed by atoms with van der Waals surface area (Å²) in [6, 6.07) is 2.05. The van der Waals surface area contributed by atoms with Crippen molar-refractivity contribution in [3.63, 3.8) is 0 Å². The molecular formula is C18H28N8O. The fourth-order valence-electron chi connectivity index (χ4n) is 3.10. The summed E-state index contributed by atoms with van der Waals surface area (Å²) in [5, 5.41) is 10.7. The summed E-state index contributed by atoms with van der Waals surface area (Å²) < 4.78 is 5.46. The Hall–Kier alpha value is -2.42. The van der Waals surface area contributed by atoms with Crippen LogP contribution in [0, 0.1) is 0 Å². The van der Waals surface area contributed by atoms with Gasteiger partial charge < -0.3 is 19.9 Å². The molecule has 0 aromatic carbocycles. The zero-order valence-corrected chi connectivity index (χ0v) is 16.1. The number of aromatic amines is 1. The predicted octanol–water partition coefficient (Wildman–Crippen LogP) is 2.29. The van der Waals surface area contributed by atoms with Crippen LogP contribution in [0.25, 0.3) is 0 Å². The molecule has 146 valence electrons. The highest BCUT2D eigenvalue weighted by Crippen LogP contribution is 2.39. The second-order valence-electron chi connectivity index (χ2n) is 7.24. The van der Waals surface area contributed by atoms with Crippen LogP contribution in [-0.2, 0) is 4.74 Å². The van der Waals surface area contributed by atoms with Crippen LogP contribution in [0.15, 0.2) is 6.07 Å². The van der Waals surface area contributed by atoms with Crippen molar-refractivity contribution in [1.82, 2.24) is 25.1 Å². The minimum absolute atomic E-state index is 0.527. The zero-order valence-electron chi connectivity index (χ0n) is 16.1. The van der Waals surface area contributed by atoms with Crippen molar-refractivity contribution in [2.75, 3.05) is 55.0 Å². The summed E-state index contributed by atoms with van der Waals surface area (Å²) in [5.41, 5.74) is 1.18. The number of anilines is 4. The molecule has 0 amide bonds. The Labute approximate surface area is 159 Å². The maximum atomic E-state index is 5.46. The van der Waals surface area contributed by atoms with Gasteiger partial charge in [0.2, 0.25) is 17.8 Å². The highest BCUT2D eigenvalue weighted by Gasteiger charge is 2.26. The van der Waals surface area contributed by atoms with E-state index in [1.165, 1.54) is 18.5 Å². The second-order valence-corrected chi connectivity index (χ2v) is 7.24. The molecule has 9 nitrogen and oxygen atoms in total. The van der Waals surface area contributed by atoms with Crippen LogP contribution in [0.1, 0.15) is 44.2 Å². The topological polar surface area (TPSA) is 95.1 Å². The third-order valence-electron chi connectivity index (χ3n) is 4.95. The van der Waals surface area contributed by atoms with Gasteiger partial charge in [-0.3, -0.25) is 5.10 Å². The number of morpholine rings is 1. The first-order valence-corrected chi connectivity index (χ1v) is 9.85. The summed E-state index contributed by atoms with van der Waals surface area (Å²) >= 11 is 0. The van der Waals surface area contributed by atoms with E-state index >= 15 is 0 Å². The molecule has 0 atom stereocenters. The van der Waals surface area contributed by atoms with Gasteiger partial charge in [0.1, 0.15) is 0 Å². The van der Waals surface area contributed by atoms with Crippen LogP contribution in [0.4, 0.5) is 23.7 Å². The molecule has 3 heterocycles. The van der Waals surface area contributed by atoms with Gasteiger partial charge in [0.15, 0.2) is 5.82 Å². The Bertz CT molecular complexity index is 754. The van der Waals surface area contributed by atoms with Crippen molar-refractivity contribution in [3.8, 4) is 0 Å². The first-order chi connectivity index (χ1) is 13.2.